The third-order valence-corrected chi connectivity index (χ3v) is 1.74. The molecule has 0 amide bonds. The Bertz CT molecular complexity index is 348. The van der Waals surface area contributed by atoms with Crippen LogP contribution in [0.15, 0.2) is 24.4 Å². The number of hydrogen-bond donors (Lipinski definition) is 3. The van der Waals surface area contributed by atoms with Crippen molar-refractivity contribution >= 4 is 11.4 Å². The zero-order chi connectivity index (χ0) is 10.6. The molecule has 0 aliphatic rings. The first-order valence-electron chi connectivity index (χ1n) is 4.32. The van der Waals surface area contributed by atoms with Crippen molar-refractivity contribution in [2.75, 3.05) is 12.3 Å². The molecule has 0 bridgehead atoms. The average molecular weight is 194 g/mol. The number of ether oxygens (including phenoxy) is 1. The lowest BCUT2D eigenvalue weighted by Crippen LogP contribution is -1.96. The van der Waals surface area contributed by atoms with Crippen LogP contribution in [0.3, 0.4) is 0 Å². The van der Waals surface area contributed by atoms with Crippen molar-refractivity contribution in [1.82, 2.24) is 0 Å². The molecule has 1 aromatic rings. The van der Waals surface area contributed by atoms with E-state index < -0.39 is 0 Å². The second kappa shape index (κ2) is 4.41. The number of phenolic OH excluding ortho intramolecular Hbond substituents is 1. The van der Waals surface area contributed by atoms with E-state index in [0.29, 0.717) is 23.6 Å². The van der Waals surface area contributed by atoms with Crippen molar-refractivity contribution in [3.8, 4) is 5.75 Å². The van der Waals surface area contributed by atoms with Crippen LogP contribution >= 0.6 is 0 Å². The SMILES string of the molecule is CCO/C(=C\N)c1ccc(N)cc1O. The van der Waals surface area contributed by atoms with Crippen LogP contribution in [-0.2, 0) is 4.74 Å². The number of rotatable bonds is 3. The minimum Gasteiger partial charge on any atom is -0.507 e. The number of nitrogen functional groups attached to an aromatic ring is 1. The Morgan fingerprint density at radius 3 is 2.79 bits per heavy atom. The quantitative estimate of drug-likeness (QED) is 0.500. The predicted octanol–water partition coefficient (Wildman–Crippen LogP) is 1.27. The van der Waals surface area contributed by atoms with E-state index in [0.717, 1.165) is 0 Å². The predicted molar refractivity (Wildman–Crippen MR) is 56.3 cm³/mol. The summed E-state index contributed by atoms with van der Waals surface area (Å²) >= 11 is 0. The standard InChI is InChI=1S/C10H14N2O2/c1-2-14-10(6-11)8-4-3-7(12)5-9(8)13/h3-6,13H,2,11-12H2,1H3/b10-6-. The van der Waals surface area contributed by atoms with Crippen LogP contribution in [-0.4, -0.2) is 11.7 Å². The number of aromatic hydroxyl groups is 1. The lowest BCUT2D eigenvalue weighted by Gasteiger charge is -2.09. The number of anilines is 1. The molecule has 0 fully saturated rings. The lowest BCUT2D eigenvalue weighted by molar-refractivity contribution is 0.295. The second-order valence-electron chi connectivity index (χ2n) is 2.74. The van der Waals surface area contributed by atoms with Gasteiger partial charge in [-0.25, -0.2) is 0 Å². The molecule has 0 radical (unpaired) electrons. The molecule has 14 heavy (non-hydrogen) atoms. The largest absolute Gasteiger partial charge is 0.507 e. The Kier molecular flexibility index (Phi) is 3.23. The fourth-order valence-electron chi connectivity index (χ4n) is 1.13. The van der Waals surface area contributed by atoms with Gasteiger partial charge in [-0.05, 0) is 19.1 Å². The smallest absolute Gasteiger partial charge is 0.145 e. The van der Waals surface area contributed by atoms with E-state index in [1.54, 1.807) is 12.1 Å². The van der Waals surface area contributed by atoms with Crippen LogP contribution in [0.2, 0.25) is 0 Å². The van der Waals surface area contributed by atoms with E-state index in [-0.39, 0.29) is 5.75 Å². The minimum absolute atomic E-state index is 0.0650. The molecule has 0 heterocycles. The lowest BCUT2D eigenvalue weighted by atomic mass is 10.1. The molecule has 0 aliphatic carbocycles. The minimum atomic E-state index is 0.0650. The van der Waals surface area contributed by atoms with Crippen LogP contribution in [0.25, 0.3) is 5.76 Å². The molecular formula is C10H14N2O2. The first-order chi connectivity index (χ1) is 6.69. The maximum atomic E-state index is 9.56. The molecule has 0 aliphatic heterocycles. The Hall–Kier alpha value is -1.84. The molecule has 1 rings (SSSR count). The molecule has 0 aromatic heterocycles. The number of hydrogen-bond acceptors (Lipinski definition) is 4. The van der Waals surface area contributed by atoms with Gasteiger partial charge < -0.3 is 21.3 Å². The van der Waals surface area contributed by atoms with Crippen molar-refractivity contribution in [3.63, 3.8) is 0 Å². The van der Waals surface area contributed by atoms with E-state index in [1.165, 1.54) is 12.3 Å². The Morgan fingerprint density at radius 2 is 2.29 bits per heavy atom. The van der Waals surface area contributed by atoms with Crippen molar-refractivity contribution in [2.24, 2.45) is 5.73 Å². The molecule has 5 N–H and O–H groups in total. The van der Waals surface area contributed by atoms with Gasteiger partial charge in [0.05, 0.1) is 12.2 Å². The topological polar surface area (TPSA) is 81.5 Å². The van der Waals surface area contributed by atoms with Gasteiger partial charge in [0.15, 0.2) is 0 Å². The monoisotopic (exact) mass is 194 g/mol. The molecule has 0 unspecified atom stereocenters. The summed E-state index contributed by atoms with van der Waals surface area (Å²) in [7, 11) is 0. The van der Waals surface area contributed by atoms with E-state index in [9.17, 15) is 5.11 Å². The number of nitrogens with two attached hydrogens (primary N) is 2. The molecule has 1 aromatic carbocycles. The maximum absolute atomic E-state index is 9.56. The van der Waals surface area contributed by atoms with Crippen molar-refractivity contribution in [2.45, 2.75) is 6.92 Å². The first kappa shape index (κ1) is 10.2. The number of benzene rings is 1. The third kappa shape index (κ3) is 2.10. The molecule has 76 valence electrons. The highest BCUT2D eigenvalue weighted by atomic mass is 16.5. The fraction of sp³-hybridized carbons (Fsp3) is 0.200. The molecule has 0 saturated carbocycles. The molecule has 0 atom stereocenters. The molecular weight excluding hydrogens is 180 g/mol. The molecule has 0 saturated heterocycles. The summed E-state index contributed by atoms with van der Waals surface area (Å²) < 4.78 is 5.23. The van der Waals surface area contributed by atoms with Gasteiger partial charge in [0.2, 0.25) is 0 Å². The van der Waals surface area contributed by atoms with E-state index in [1.807, 2.05) is 6.92 Å². The molecule has 4 heteroatoms. The van der Waals surface area contributed by atoms with Gasteiger partial charge in [0, 0.05) is 18.0 Å². The highest BCUT2D eigenvalue weighted by Crippen LogP contribution is 2.27. The summed E-state index contributed by atoms with van der Waals surface area (Å²) in [6.45, 7) is 2.34. The van der Waals surface area contributed by atoms with Crippen LogP contribution in [0.4, 0.5) is 5.69 Å². The number of phenols is 1. The molecule has 4 nitrogen and oxygen atoms in total. The highest BCUT2D eigenvalue weighted by Gasteiger charge is 2.07. The second-order valence-corrected chi connectivity index (χ2v) is 2.74. The fourth-order valence-corrected chi connectivity index (χ4v) is 1.13. The normalized spacial score (nSPS) is 11.4. The first-order valence-corrected chi connectivity index (χ1v) is 4.32. The highest BCUT2D eigenvalue weighted by molar-refractivity contribution is 5.67. The van der Waals surface area contributed by atoms with Crippen LogP contribution in [0.5, 0.6) is 5.75 Å². The van der Waals surface area contributed by atoms with Gasteiger partial charge in [0.25, 0.3) is 0 Å². The van der Waals surface area contributed by atoms with Crippen molar-refractivity contribution < 1.29 is 9.84 Å². The Balaban J connectivity index is 3.05. The van der Waals surface area contributed by atoms with Crippen molar-refractivity contribution in [1.29, 1.82) is 0 Å². The van der Waals surface area contributed by atoms with E-state index in [2.05, 4.69) is 0 Å². The van der Waals surface area contributed by atoms with Gasteiger partial charge in [-0.1, -0.05) is 0 Å². The van der Waals surface area contributed by atoms with E-state index >= 15 is 0 Å². The van der Waals surface area contributed by atoms with Gasteiger partial charge in [-0.2, -0.15) is 0 Å². The van der Waals surface area contributed by atoms with Crippen LogP contribution < -0.4 is 11.5 Å². The van der Waals surface area contributed by atoms with Crippen molar-refractivity contribution in [3.05, 3.63) is 30.0 Å². The van der Waals surface area contributed by atoms with Gasteiger partial charge in [0.1, 0.15) is 11.5 Å². The Morgan fingerprint density at radius 1 is 1.57 bits per heavy atom. The zero-order valence-corrected chi connectivity index (χ0v) is 8.03. The summed E-state index contributed by atoms with van der Waals surface area (Å²) in [6.07, 6.45) is 1.31. The van der Waals surface area contributed by atoms with E-state index in [4.69, 9.17) is 16.2 Å². The van der Waals surface area contributed by atoms with Gasteiger partial charge in [-0.15, -0.1) is 0 Å². The summed E-state index contributed by atoms with van der Waals surface area (Å²) in [4.78, 5) is 0. The summed E-state index contributed by atoms with van der Waals surface area (Å²) in [5, 5.41) is 9.56. The summed E-state index contributed by atoms with van der Waals surface area (Å²) in [5.74, 6) is 0.514. The Labute approximate surface area is 82.8 Å². The average Bonchev–Trinajstić information content (AvgIpc) is 2.15. The van der Waals surface area contributed by atoms with Crippen LogP contribution in [0, 0.1) is 0 Å². The maximum Gasteiger partial charge on any atom is 0.145 e. The van der Waals surface area contributed by atoms with Gasteiger partial charge in [-0.3, -0.25) is 0 Å². The third-order valence-electron chi connectivity index (χ3n) is 1.74. The summed E-state index contributed by atoms with van der Waals surface area (Å²) in [5.41, 5.74) is 11.9. The van der Waals surface area contributed by atoms with Gasteiger partial charge >= 0.3 is 0 Å². The summed E-state index contributed by atoms with van der Waals surface area (Å²) in [6, 6.07) is 4.80. The zero-order valence-electron chi connectivity index (χ0n) is 8.03. The van der Waals surface area contributed by atoms with Crippen LogP contribution in [0.1, 0.15) is 12.5 Å². The molecule has 0 spiro atoms.